The zero-order chi connectivity index (χ0) is 14.4. The molecule has 0 atom stereocenters. The Hall–Kier alpha value is -1.75. The fourth-order valence-electron chi connectivity index (χ4n) is 2.48. The van der Waals surface area contributed by atoms with E-state index >= 15 is 0 Å². The topological polar surface area (TPSA) is 67.6 Å². The lowest BCUT2D eigenvalue weighted by atomic mass is 10.0. The van der Waals surface area contributed by atoms with Crippen LogP contribution in [0.25, 0.3) is 0 Å². The smallest absolute Gasteiger partial charge is 0.314 e. The van der Waals surface area contributed by atoms with Gasteiger partial charge in [-0.25, -0.2) is 4.79 Å². The van der Waals surface area contributed by atoms with Gasteiger partial charge in [-0.1, -0.05) is 12.1 Å². The Balaban J connectivity index is 1.78. The minimum Gasteiger partial charge on any atom is -0.494 e. The number of piperidine rings is 1. The maximum Gasteiger partial charge on any atom is 0.314 e. The molecule has 1 aromatic carbocycles. The van der Waals surface area contributed by atoms with E-state index in [4.69, 9.17) is 10.5 Å². The molecule has 0 aliphatic carbocycles. The summed E-state index contributed by atoms with van der Waals surface area (Å²) in [6.45, 7) is 4.97. The quantitative estimate of drug-likeness (QED) is 0.861. The normalized spacial score (nSPS) is 16.1. The second kappa shape index (κ2) is 7.14. The van der Waals surface area contributed by atoms with Gasteiger partial charge >= 0.3 is 6.03 Å². The highest BCUT2D eigenvalue weighted by molar-refractivity contribution is 5.72. The van der Waals surface area contributed by atoms with Gasteiger partial charge in [-0.15, -0.1) is 0 Å². The first-order valence-electron chi connectivity index (χ1n) is 7.18. The fourth-order valence-corrected chi connectivity index (χ4v) is 2.48. The Morgan fingerprint density at radius 3 is 2.85 bits per heavy atom. The zero-order valence-electron chi connectivity index (χ0n) is 12.0. The number of hydrogen-bond acceptors (Lipinski definition) is 3. The third-order valence-corrected chi connectivity index (χ3v) is 3.61. The minimum atomic E-state index is -0.312. The molecule has 2 amide bonds. The largest absolute Gasteiger partial charge is 0.494 e. The summed E-state index contributed by atoms with van der Waals surface area (Å²) in [5.74, 6) is 0.912. The minimum absolute atomic E-state index is 0.312. The Labute approximate surface area is 120 Å². The number of nitrogens with two attached hydrogens (primary N) is 1. The van der Waals surface area contributed by atoms with Gasteiger partial charge in [0.2, 0.25) is 0 Å². The molecule has 1 saturated heterocycles. The fraction of sp³-hybridized carbons (Fsp3) is 0.533. The molecule has 3 N–H and O–H groups in total. The number of nitrogens with zero attached hydrogens (tertiary/aromatic N) is 1. The van der Waals surface area contributed by atoms with Gasteiger partial charge in [0.25, 0.3) is 0 Å². The molecule has 1 heterocycles. The maximum absolute atomic E-state index is 11.1. The number of amides is 2. The molecule has 110 valence electrons. The highest BCUT2D eigenvalue weighted by Crippen LogP contribution is 2.15. The number of ether oxygens (including phenoxy) is 1. The van der Waals surface area contributed by atoms with E-state index in [1.54, 1.807) is 4.90 Å². The number of benzene rings is 1. The first-order valence-corrected chi connectivity index (χ1v) is 7.18. The Bertz CT molecular complexity index is 442. The third kappa shape index (κ3) is 4.13. The monoisotopic (exact) mass is 277 g/mol. The van der Waals surface area contributed by atoms with Crippen LogP contribution in [-0.4, -0.2) is 36.7 Å². The SMILES string of the molecule is CCOc1cccc(CNC2CCN(C(N)=O)CC2)c1. The standard InChI is InChI=1S/C15H23N3O2/c1-2-20-14-5-3-4-12(10-14)11-17-13-6-8-18(9-7-13)15(16)19/h3-5,10,13,17H,2,6-9,11H2,1H3,(H2,16,19). The molecular weight excluding hydrogens is 254 g/mol. The number of hydrogen-bond donors (Lipinski definition) is 2. The van der Waals surface area contributed by atoms with Crippen molar-refractivity contribution in [1.82, 2.24) is 10.2 Å². The summed E-state index contributed by atoms with van der Waals surface area (Å²) in [5.41, 5.74) is 6.49. The first kappa shape index (κ1) is 14.7. The first-order chi connectivity index (χ1) is 9.69. The van der Waals surface area contributed by atoms with Gasteiger partial charge in [-0.05, 0) is 37.5 Å². The predicted molar refractivity (Wildman–Crippen MR) is 78.6 cm³/mol. The number of rotatable bonds is 5. The van der Waals surface area contributed by atoms with Crippen LogP contribution >= 0.6 is 0 Å². The van der Waals surface area contributed by atoms with Crippen LogP contribution < -0.4 is 15.8 Å². The molecular formula is C15H23N3O2. The Morgan fingerprint density at radius 1 is 1.45 bits per heavy atom. The summed E-state index contributed by atoms with van der Waals surface area (Å²) < 4.78 is 5.49. The van der Waals surface area contributed by atoms with Crippen LogP contribution in [0.5, 0.6) is 5.75 Å². The summed E-state index contributed by atoms with van der Waals surface area (Å²) >= 11 is 0. The molecule has 0 saturated carbocycles. The van der Waals surface area contributed by atoms with Crippen LogP contribution in [0.15, 0.2) is 24.3 Å². The molecule has 2 rings (SSSR count). The van der Waals surface area contributed by atoms with Gasteiger partial charge in [0.05, 0.1) is 6.61 Å². The van der Waals surface area contributed by atoms with E-state index in [0.29, 0.717) is 12.6 Å². The number of primary amides is 1. The van der Waals surface area contributed by atoms with Gasteiger partial charge in [0.1, 0.15) is 5.75 Å². The Morgan fingerprint density at radius 2 is 2.20 bits per heavy atom. The second-order valence-corrected chi connectivity index (χ2v) is 5.06. The molecule has 20 heavy (non-hydrogen) atoms. The van der Waals surface area contributed by atoms with Crippen LogP contribution in [0.3, 0.4) is 0 Å². The van der Waals surface area contributed by atoms with E-state index in [1.165, 1.54) is 5.56 Å². The van der Waals surface area contributed by atoms with Crippen molar-refractivity contribution >= 4 is 6.03 Å². The van der Waals surface area contributed by atoms with E-state index in [1.807, 2.05) is 19.1 Å². The number of urea groups is 1. The van der Waals surface area contributed by atoms with Crippen molar-refractivity contribution in [1.29, 1.82) is 0 Å². The van der Waals surface area contributed by atoms with Crippen molar-refractivity contribution in [3.8, 4) is 5.75 Å². The lowest BCUT2D eigenvalue weighted by Gasteiger charge is -2.31. The number of nitrogens with one attached hydrogen (secondary N) is 1. The molecule has 0 aromatic heterocycles. The predicted octanol–water partition coefficient (Wildman–Crippen LogP) is 1.72. The van der Waals surface area contributed by atoms with E-state index in [2.05, 4.69) is 17.4 Å². The lowest BCUT2D eigenvalue weighted by molar-refractivity contribution is 0.185. The molecule has 0 radical (unpaired) electrons. The summed E-state index contributed by atoms with van der Waals surface area (Å²) in [6.07, 6.45) is 1.90. The molecule has 0 bridgehead atoms. The highest BCUT2D eigenvalue weighted by atomic mass is 16.5. The van der Waals surface area contributed by atoms with Gasteiger partial charge in [-0.2, -0.15) is 0 Å². The Kier molecular flexibility index (Phi) is 5.24. The van der Waals surface area contributed by atoms with Crippen molar-refractivity contribution in [2.75, 3.05) is 19.7 Å². The number of carbonyl (C=O) groups excluding carboxylic acids is 1. The van der Waals surface area contributed by atoms with Gasteiger partial charge in [0, 0.05) is 25.7 Å². The van der Waals surface area contributed by atoms with E-state index < -0.39 is 0 Å². The van der Waals surface area contributed by atoms with E-state index in [-0.39, 0.29) is 6.03 Å². The zero-order valence-corrected chi connectivity index (χ0v) is 12.0. The van der Waals surface area contributed by atoms with Crippen LogP contribution in [-0.2, 0) is 6.54 Å². The van der Waals surface area contributed by atoms with Crippen LogP contribution in [0.2, 0.25) is 0 Å². The molecule has 1 aromatic rings. The molecule has 1 fully saturated rings. The van der Waals surface area contributed by atoms with Crippen LogP contribution in [0.4, 0.5) is 4.79 Å². The summed E-state index contributed by atoms with van der Waals surface area (Å²) in [5, 5.41) is 3.53. The van der Waals surface area contributed by atoms with Crippen molar-refractivity contribution in [3.63, 3.8) is 0 Å². The number of carbonyl (C=O) groups is 1. The van der Waals surface area contributed by atoms with Crippen molar-refractivity contribution in [3.05, 3.63) is 29.8 Å². The lowest BCUT2D eigenvalue weighted by Crippen LogP contribution is -2.46. The molecule has 1 aliphatic heterocycles. The summed E-state index contributed by atoms with van der Waals surface area (Å²) in [7, 11) is 0. The average molecular weight is 277 g/mol. The van der Waals surface area contributed by atoms with Crippen molar-refractivity contribution in [2.24, 2.45) is 5.73 Å². The summed E-state index contributed by atoms with van der Waals surface area (Å²) in [4.78, 5) is 12.8. The van der Waals surface area contributed by atoms with E-state index in [9.17, 15) is 4.79 Å². The second-order valence-electron chi connectivity index (χ2n) is 5.06. The number of likely N-dealkylation sites (tertiary alicyclic amines) is 1. The molecule has 0 unspecified atom stereocenters. The molecule has 0 spiro atoms. The van der Waals surface area contributed by atoms with Crippen molar-refractivity contribution in [2.45, 2.75) is 32.4 Å². The third-order valence-electron chi connectivity index (χ3n) is 3.61. The van der Waals surface area contributed by atoms with Crippen molar-refractivity contribution < 1.29 is 9.53 Å². The molecule has 1 aliphatic rings. The highest BCUT2D eigenvalue weighted by Gasteiger charge is 2.20. The van der Waals surface area contributed by atoms with Gasteiger partial charge < -0.3 is 20.7 Å². The van der Waals surface area contributed by atoms with Gasteiger partial charge in [-0.3, -0.25) is 0 Å². The molecule has 5 nitrogen and oxygen atoms in total. The molecule has 5 heteroatoms. The van der Waals surface area contributed by atoms with Crippen LogP contribution in [0, 0.1) is 0 Å². The summed E-state index contributed by atoms with van der Waals surface area (Å²) in [6, 6.07) is 8.27. The van der Waals surface area contributed by atoms with E-state index in [0.717, 1.165) is 38.2 Å². The average Bonchev–Trinajstić information content (AvgIpc) is 2.46. The van der Waals surface area contributed by atoms with Crippen LogP contribution in [0.1, 0.15) is 25.3 Å². The van der Waals surface area contributed by atoms with Gasteiger partial charge in [0.15, 0.2) is 0 Å². The maximum atomic E-state index is 11.1.